The van der Waals surface area contributed by atoms with Crippen LogP contribution >= 0.6 is 0 Å². The van der Waals surface area contributed by atoms with Gasteiger partial charge < -0.3 is 5.73 Å². The van der Waals surface area contributed by atoms with E-state index in [-0.39, 0.29) is 16.4 Å². The second-order valence-electron chi connectivity index (χ2n) is 8.65. The molecule has 1 unspecified atom stereocenters. The summed E-state index contributed by atoms with van der Waals surface area (Å²) in [7, 11) is -3.85. The Morgan fingerprint density at radius 2 is 1.62 bits per heavy atom. The maximum absolute atomic E-state index is 13.5. The molecule has 0 radical (unpaired) electrons. The van der Waals surface area contributed by atoms with Crippen molar-refractivity contribution < 1.29 is 13.2 Å². The Hall–Kier alpha value is -2.96. The number of nitrogens with zero attached hydrogens (tertiary/aromatic N) is 1. The fourth-order valence-electron chi connectivity index (χ4n) is 4.75. The van der Waals surface area contributed by atoms with Gasteiger partial charge in [-0.2, -0.15) is 0 Å². The molecule has 1 atom stereocenters. The number of fused-ring (bicyclic) bond motifs is 1. The van der Waals surface area contributed by atoms with Crippen molar-refractivity contribution in [2.24, 2.45) is 0 Å². The fourth-order valence-corrected chi connectivity index (χ4v) is 6.15. The van der Waals surface area contributed by atoms with Gasteiger partial charge in [0, 0.05) is 13.1 Å². The lowest BCUT2D eigenvalue weighted by Crippen LogP contribution is -2.32. The summed E-state index contributed by atoms with van der Waals surface area (Å²) >= 11 is 0. The number of ketones is 1. The van der Waals surface area contributed by atoms with Crippen molar-refractivity contribution in [1.82, 2.24) is 4.90 Å². The number of sulfone groups is 1. The average molecular weight is 449 g/mol. The van der Waals surface area contributed by atoms with Gasteiger partial charge >= 0.3 is 0 Å². The third-order valence-corrected chi connectivity index (χ3v) is 7.89. The number of carbonyl (C=O) groups excluding carboxylic acids is 1. The molecule has 1 heterocycles. The number of Topliss-reactive ketones (excluding diaryl/α,β-unsaturated/α-hetero) is 1. The summed E-state index contributed by atoms with van der Waals surface area (Å²) < 4.78 is 26.0. The Kier molecular flexibility index (Phi) is 5.93. The van der Waals surface area contributed by atoms with Crippen LogP contribution in [0, 0.1) is 20.8 Å². The first kappa shape index (κ1) is 22.2. The van der Waals surface area contributed by atoms with Crippen molar-refractivity contribution in [3.05, 3.63) is 94.0 Å². The van der Waals surface area contributed by atoms with Crippen molar-refractivity contribution in [3.8, 4) is 0 Å². The zero-order chi connectivity index (χ0) is 23.0. The van der Waals surface area contributed by atoms with E-state index in [1.54, 1.807) is 12.1 Å². The van der Waals surface area contributed by atoms with E-state index >= 15 is 0 Å². The number of nitrogen functional groups attached to an aromatic ring is 1. The molecule has 1 aliphatic rings. The highest BCUT2D eigenvalue weighted by Crippen LogP contribution is 2.37. The fraction of sp³-hybridized carbons (Fsp3) is 0.269. The Balaban J connectivity index is 1.68. The Labute approximate surface area is 189 Å². The van der Waals surface area contributed by atoms with Gasteiger partial charge in [0.2, 0.25) is 0 Å². The zero-order valence-corrected chi connectivity index (χ0v) is 19.4. The maximum Gasteiger partial charge on any atom is 0.187 e. The number of hydrogen-bond donors (Lipinski definition) is 1. The molecule has 2 N–H and O–H groups in total. The first-order valence-electron chi connectivity index (χ1n) is 10.7. The highest BCUT2D eigenvalue weighted by Gasteiger charge is 2.37. The Morgan fingerprint density at radius 3 is 2.31 bits per heavy atom. The van der Waals surface area contributed by atoms with Crippen LogP contribution in [0.25, 0.3) is 0 Å². The maximum atomic E-state index is 13.5. The molecule has 6 heteroatoms. The Bertz CT molecular complexity index is 1270. The summed E-state index contributed by atoms with van der Waals surface area (Å²) in [5, 5.41) is 0. The van der Waals surface area contributed by atoms with Crippen molar-refractivity contribution in [2.45, 2.75) is 44.8 Å². The van der Waals surface area contributed by atoms with E-state index in [1.165, 1.54) is 34.4 Å². The first-order chi connectivity index (χ1) is 15.2. The molecule has 0 bridgehead atoms. The number of aryl methyl sites for hydroxylation is 3. The van der Waals surface area contributed by atoms with Crippen LogP contribution < -0.4 is 5.73 Å². The third-order valence-electron chi connectivity index (χ3n) is 6.18. The predicted molar refractivity (Wildman–Crippen MR) is 127 cm³/mol. The minimum atomic E-state index is -3.85. The molecular formula is C26H28N2O3S. The van der Waals surface area contributed by atoms with E-state index < -0.39 is 21.6 Å². The quantitative estimate of drug-likeness (QED) is 0.569. The lowest BCUT2D eigenvalue weighted by Gasteiger charge is -2.26. The molecule has 0 spiro atoms. The number of rotatable bonds is 6. The smallest absolute Gasteiger partial charge is 0.187 e. The van der Waals surface area contributed by atoms with Crippen LogP contribution in [0.1, 0.15) is 39.4 Å². The normalized spacial score (nSPS) is 16.2. The van der Waals surface area contributed by atoms with Crippen molar-refractivity contribution in [1.29, 1.82) is 0 Å². The van der Waals surface area contributed by atoms with Crippen LogP contribution in [0.15, 0.2) is 65.6 Å². The van der Waals surface area contributed by atoms with Crippen molar-refractivity contribution >= 4 is 21.3 Å². The molecule has 0 aliphatic carbocycles. The van der Waals surface area contributed by atoms with E-state index in [0.717, 1.165) is 11.1 Å². The zero-order valence-electron chi connectivity index (χ0n) is 18.6. The molecule has 0 saturated heterocycles. The van der Waals surface area contributed by atoms with Gasteiger partial charge in [0.15, 0.2) is 15.6 Å². The van der Waals surface area contributed by atoms with Gasteiger partial charge in [-0.15, -0.1) is 0 Å². The third kappa shape index (κ3) is 4.20. The van der Waals surface area contributed by atoms with Gasteiger partial charge in [-0.25, -0.2) is 8.42 Å². The number of anilines is 1. The number of nitrogens with two attached hydrogens (primary N) is 1. The van der Waals surface area contributed by atoms with Gasteiger partial charge in [-0.1, -0.05) is 54.1 Å². The predicted octanol–water partition coefficient (Wildman–Crippen LogP) is 4.29. The van der Waals surface area contributed by atoms with E-state index in [9.17, 15) is 13.2 Å². The topological polar surface area (TPSA) is 80.5 Å². The van der Waals surface area contributed by atoms with Crippen molar-refractivity contribution in [2.75, 3.05) is 11.5 Å². The molecule has 5 nitrogen and oxygen atoms in total. The van der Waals surface area contributed by atoms with Gasteiger partial charge in [0.05, 0.1) is 16.6 Å². The standard InChI is InChI=1S/C26H28N2O3S/c1-17-12-18(2)22(19(3)13-17)15-28-14-20-8-4-5-9-21(20)26(28)24(29)16-32(30,31)25-11-7-6-10-23(25)27/h4-13,26H,14-16,27H2,1-3H3. The lowest BCUT2D eigenvalue weighted by atomic mass is 9.98. The van der Waals surface area contributed by atoms with Crippen LogP contribution in [0.4, 0.5) is 5.69 Å². The van der Waals surface area contributed by atoms with Crippen LogP contribution in [0.5, 0.6) is 0 Å². The number of hydrogen-bond acceptors (Lipinski definition) is 5. The minimum absolute atomic E-state index is 0.0106. The molecule has 32 heavy (non-hydrogen) atoms. The second-order valence-corrected chi connectivity index (χ2v) is 10.6. The van der Waals surface area contributed by atoms with Gasteiger partial charge in [0.1, 0.15) is 5.75 Å². The molecular weight excluding hydrogens is 420 g/mol. The summed E-state index contributed by atoms with van der Waals surface area (Å²) in [5.41, 5.74) is 12.7. The summed E-state index contributed by atoms with van der Waals surface area (Å²) in [4.78, 5) is 15.6. The van der Waals surface area contributed by atoms with Gasteiger partial charge in [-0.3, -0.25) is 9.69 Å². The molecule has 166 valence electrons. The van der Waals surface area contributed by atoms with E-state index in [4.69, 9.17) is 5.73 Å². The SMILES string of the molecule is Cc1cc(C)c(CN2Cc3ccccc3C2C(=O)CS(=O)(=O)c2ccccc2N)c(C)c1. The molecule has 0 saturated carbocycles. The summed E-state index contributed by atoms with van der Waals surface area (Å²) in [6, 6.07) is 17.8. The lowest BCUT2D eigenvalue weighted by molar-refractivity contribution is -0.121. The number of benzene rings is 3. The Morgan fingerprint density at radius 1 is 1.00 bits per heavy atom. The molecule has 1 aliphatic heterocycles. The van der Waals surface area contributed by atoms with Crippen LogP contribution in [-0.2, 0) is 27.7 Å². The number of carbonyl (C=O) groups is 1. The molecule has 3 aromatic rings. The highest BCUT2D eigenvalue weighted by molar-refractivity contribution is 7.92. The second kappa shape index (κ2) is 8.52. The highest BCUT2D eigenvalue weighted by atomic mass is 32.2. The molecule has 0 amide bonds. The monoisotopic (exact) mass is 448 g/mol. The minimum Gasteiger partial charge on any atom is -0.398 e. The van der Waals surface area contributed by atoms with E-state index in [2.05, 4.69) is 37.8 Å². The molecule has 0 aromatic heterocycles. The van der Waals surface area contributed by atoms with E-state index in [1.807, 2.05) is 24.3 Å². The van der Waals surface area contributed by atoms with Gasteiger partial charge in [0.25, 0.3) is 0 Å². The molecule has 3 aromatic carbocycles. The number of para-hydroxylation sites is 1. The van der Waals surface area contributed by atoms with Crippen LogP contribution in [-0.4, -0.2) is 24.9 Å². The summed E-state index contributed by atoms with van der Waals surface area (Å²) in [6.45, 7) is 7.42. The van der Waals surface area contributed by atoms with Crippen molar-refractivity contribution in [3.63, 3.8) is 0 Å². The first-order valence-corrected chi connectivity index (χ1v) is 12.3. The van der Waals surface area contributed by atoms with Crippen LogP contribution in [0.3, 0.4) is 0 Å². The summed E-state index contributed by atoms with van der Waals surface area (Å²) in [5.74, 6) is -0.914. The average Bonchev–Trinajstić information content (AvgIpc) is 3.08. The summed E-state index contributed by atoms with van der Waals surface area (Å²) in [6.07, 6.45) is 0. The van der Waals surface area contributed by atoms with Crippen LogP contribution in [0.2, 0.25) is 0 Å². The van der Waals surface area contributed by atoms with E-state index in [0.29, 0.717) is 13.1 Å². The van der Waals surface area contributed by atoms with Gasteiger partial charge in [-0.05, 0) is 60.7 Å². The molecule has 0 fully saturated rings. The largest absolute Gasteiger partial charge is 0.398 e. The molecule has 4 rings (SSSR count).